The van der Waals surface area contributed by atoms with Crippen LogP contribution in [0.3, 0.4) is 0 Å². The average molecular weight is 358 g/mol. The third-order valence-corrected chi connectivity index (χ3v) is 4.18. The molecule has 0 fully saturated rings. The standard InChI is InChI=1S/C19H19FN2O4/c1-10(2)15-6-7-16(26-15)18(23)22-14(19(24)25)8-11-9-21-13-5-3-4-12(20)17(11)13/h3-7,9-10,14,21H,8H2,1-2H3,(H,22,23)(H,24,25). The number of fused-ring (bicyclic) bond motifs is 1. The number of aromatic nitrogens is 1. The first-order chi connectivity index (χ1) is 12.4. The van der Waals surface area contributed by atoms with E-state index in [2.05, 4.69) is 10.3 Å². The zero-order chi connectivity index (χ0) is 18.8. The predicted molar refractivity (Wildman–Crippen MR) is 93.6 cm³/mol. The van der Waals surface area contributed by atoms with E-state index in [1.807, 2.05) is 13.8 Å². The van der Waals surface area contributed by atoms with Crippen LogP contribution in [0.5, 0.6) is 0 Å². The van der Waals surface area contributed by atoms with Crippen molar-refractivity contribution in [2.45, 2.75) is 32.2 Å². The van der Waals surface area contributed by atoms with Crippen molar-refractivity contribution >= 4 is 22.8 Å². The number of carboxylic acids is 1. The van der Waals surface area contributed by atoms with Crippen molar-refractivity contribution in [1.82, 2.24) is 10.3 Å². The predicted octanol–water partition coefficient (Wildman–Crippen LogP) is 3.45. The van der Waals surface area contributed by atoms with Crippen molar-refractivity contribution < 1.29 is 23.5 Å². The Hall–Kier alpha value is -3.09. The highest BCUT2D eigenvalue weighted by Crippen LogP contribution is 2.23. The number of carboxylic acid groups (broad SMARTS) is 1. The van der Waals surface area contributed by atoms with E-state index in [0.29, 0.717) is 22.2 Å². The third-order valence-electron chi connectivity index (χ3n) is 4.18. The number of aromatic amines is 1. The molecule has 1 amide bonds. The normalized spacial score (nSPS) is 12.5. The number of hydrogen-bond acceptors (Lipinski definition) is 3. The number of hydrogen-bond donors (Lipinski definition) is 3. The largest absolute Gasteiger partial charge is 0.480 e. The average Bonchev–Trinajstić information content (AvgIpc) is 3.22. The van der Waals surface area contributed by atoms with Crippen molar-refractivity contribution in [2.75, 3.05) is 0 Å². The number of halogens is 1. The van der Waals surface area contributed by atoms with Crippen LogP contribution in [0.1, 0.15) is 41.6 Å². The fourth-order valence-corrected chi connectivity index (χ4v) is 2.80. The van der Waals surface area contributed by atoms with Gasteiger partial charge in [0, 0.05) is 29.4 Å². The van der Waals surface area contributed by atoms with Crippen molar-refractivity contribution in [3.05, 3.63) is 59.4 Å². The number of aliphatic carboxylic acids is 1. The van der Waals surface area contributed by atoms with Crippen molar-refractivity contribution in [2.24, 2.45) is 0 Å². The third kappa shape index (κ3) is 3.46. The molecule has 3 N–H and O–H groups in total. The molecule has 1 aromatic carbocycles. The topological polar surface area (TPSA) is 95.3 Å². The molecule has 136 valence electrons. The minimum absolute atomic E-state index is 0.0463. The fraction of sp³-hybridized carbons (Fsp3) is 0.263. The van der Waals surface area contributed by atoms with Gasteiger partial charge in [-0.25, -0.2) is 9.18 Å². The van der Waals surface area contributed by atoms with Gasteiger partial charge in [-0.1, -0.05) is 19.9 Å². The van der Waals surface area contributed by atoms with Crippen LogP contribution < -0.4 is 5.32 Å². The Balaban J connectivity index is 1.80. The molecule has 2 heterocycles. The van der Waals surface area contributed by atoms with Gasteiger partial charge in [0.15, 0.2) is 5.76 Å². The Bertz CT molecular complexity index is 958. The van der Waals surface area contributed by atoms with Gasteiger partial charge in [-0.2, -0.15) is 0 Å². The van der Waals surface area contributed by atoms with E-state index in [1.165, 1.54) is 12.1 Å². The van der Waals surface area contributed by atoms with Gasteiger partial charge >= 0.3 is 5.97 Å². The molecule has 3 aromatic rings. The Morgan fingerprint density at radius 3 is 2.69 bits per heavy atom. The second kappa shape index (κ2) is 7.03. The molecule has 1 unspecified atom stereocenters. The Morgan fingerprint density at radius 2 is 2.04 bits per heavy atom. The second-order valence-electron chi connectivity index (χ2n) is 6.40. The van der Waals surface area contributed by atoms with Gasteiger partial charge < -0.3 is 19.8 Å². The zero-order valence-corrected chi connectivity index (χ0v) is 14.4. The molecular weight excluding hydrogens is 339 g/mol. The first-order valence-electron chi connectivity index (χ1n) is 8.24. The van der Waals surface area contributed by atoms with Gasteiger partial charge in [-0.15, -0.1) is 0 Å². The second-order valence-corrected chi connectivity index (χ2v) is 6.40. The van der Waals surface area contributed by atoms with E-state index in [0.717, 1.165) is 0 Å². The lowest BCUT2D eigenvalue weighted by molar-refractivity contribution is -0.139. The first kappa shape index (κ1) is 17.7. The lowest BCUT2D eigenvalue weighted by Gasteiger charge is -2.13. The van der Waals surface area contributed by atoms with Crippen molar-refractivity contribution in [3.63, 3.8) is 0 Å². The van der Waals surface area contributed by atoms with E-state index < -0.39 is 23.7 Å². The maximum Gasteiger partial charge on any atom is 0.326 e. The van der Waals surface area contributed by atoms with Crippen LogP contribution in [0.25, 0.3) is 10.9 Å². The summed E-state index contributed by atoms with van der Waals surface area (Å²) < 4.78 is 19.5. The van der Waals surface area contributed by atoms with E-state index in [1.54, 1.807) is 24.4 Å². The Labute approximate surface area is 149 Å². The summed E-state index contributed by atoms with van der Waals surface area (Å²) in [5, 5.41) is 12.2. The van der Waals surface area contributed by atoms with Crippen LogP contribution in [0.15, 0.2) is 40.9 Å². The molecule has 0 bridgehead atoms. The van der Waals surface area contributed by atoms with Crippen LogP contribution in [0.4, 0.5) is 4.39 Å². The number of H-pyrrole nitrogens is 1. The van der Waals surface area contributed by atoms with Gasteiger partial charge in [-0.3, -0.25) is 4.79 Å². The summed E-state index contributed by atoms with van der Waals surface area (Å²) in [6.45, 7) is 3.85. The number of carbonyl (C=O) groups is 2. The minimum Gasteiger partial charge on any atom is -0.480 e. The number of carbonyl (C=O) groups excluding carboxylic acids is 1. The molecule has 0 aliphatic carbocycles. The molecule has 1 atom stereocenters. The van der Waals surface area contributed by atoms with Crippen molar-refractivity contribution in [3.8, 4) is 0 Å². The van der Waals surface area contributed by atoms with Crippen molar-refractivity contribution in [1.29, 1.82) is 0 Å². The molecular formula is C19H19FN2O4. The Morgan fingerprint density at radius 1 is 1.27 bits per heavy atom. The number of amides is 1. The number of nitrogens with one attached hydrogen (secondary N) is 2. The first-order valence-corrected chi connectivity index (χ1v) is 8.24. The lowest BCUT2D eigenvalue weighted by atomic mass is 10.0. The highest BCUT2D eigenvalue weighted by atomic mass is 19.1. The molecule has 7 heteroatoms. The smallest absolute Gasteiger partial charge is 0.326 e. The maximum absolute atomic E-state index is 14.1. The summed E-state index contributed by atoms with van der Waals surface area (Å²) in [5.74, 6) is -1.47. The van der Waals surface area contributed by atoms with Crippen LogP contribution in [-0.2, 0) is 11.2 Å². The van der Waals surface area contributed by atoms with Crippen LogP contribution in [0.2, 0.25) is 0 Å². The summed E-state index contributed by atoms with van der Waals surface area (Å²) in [6.07, 6.45) is 1.50. The lowest BCUT2D eigenvalue weighted by Crippen LogP contribution is -2.42. The van der Waals surface area contributed by atoms with E-state index in [4.69, 9.17) is 4.42 Å². The number of furan rings is 1. The van der Waals surface area contributed by atoms with Gasteiger partial charge in [-0.05, 0) is 29.8 Å². The maximum atomic E-state index is 14.1. The molecule has 0 saturated heterocycles. The van der Waals surface area contributed by atoms with Crippen LogP contribution in [-0.4, -0.2) is 28.0 Å². The summed E-state index contributed by atoms with van der Waals surface area (Å²) in [7, 11) is 0. The zero-order valence-electron chi connectivity index (χ0n) is 14.4. The molecule has 2 aromatic heterocycles. The number of rotatable bonds is 6. The molecule has 26 heavy (non-hydrogen) atoms. The van der Waals surface area contributed by atoms with Crippen LogP contribution >= 0.6 is 0 Å². The molecule has 0 saturated carbocycles. The van der Waals surface area contributed by atoms with Gasteiger partial charge in [0.25, 0.3) is 5.91 Å². The van der Waals surface area contributed by atoms with Gasteiger partial charge in [0.1, 0.15) is 17.6 Å². The monoisotopic (exact) mass is 358 g/mol. The highest BCUT2D eigenvalue weighted by molar-refractivity contribution is 5.94. The van der Waals surface area contributed by atoms with E-state index in [-0.39, 0.29) is 18.1 Å². The highest BCUT2D eigenvalue weighted by Gasteiger charge is 2.24. The van der Waals surface area contributed by atoms with Gasteiger partial charge in [0.05, 0.1) is 0 Å². The quantitative estimate of drug-likeness (QED) is 0.629. The summed E-state index contributed by atoms with van der Waals surface area (Å²) in [4.78, 5) is 26.8. The molecule has 0 spiro atoms. The molecule has 6 nitrogen and oxygen atoms in total. The fourth-order valence-electron chi connectivity index (χ4n) is 2.80. The molecule has 0 aliphatic heterocycles. The minimum atomic E-state index is -1.21. The molecule has 3 rings (SSSR count). The van der Waals surface area contributed by atoms with E-state index >= 15 is 0 Å². The Kier molecular flexibility index (Phi) is 4.79. The SMILES string of the molecule is CC(C)c1ccc(C(=O)NC(Cc2c[nH]c3cccc(F)c23)C(=O)O)o1. The summed E-state index contributed by atoms with van der Waals surface area (Å²) in [5.41, 5.74) is 1.05. The van der Waals surface area contributed by atoms with E-state index in [9.17, 15) is 19.1 Å². The van der Waals surface area contributed by atoms with Gasteiger partial charge in [0.2, 0.25) is 0 Å². The molecule has 0 aliphatic rings. The van der Waals surface area contributed by atoms with Crippen LogP contribution in [0, 0.1) is 5.82 Å². The number of benzene rings is 1. The molecule has 0 radical (unpaired) electrons. The summed E-state index contributed by atoms with van der Waals surface area (Å²) in [6, 6.07) is 6.56. The summed E-state index contributed by atoms with van der Waals surface area (Å²) >= 11 is 0.